The van der Waals surface area contributed by atoms with E-state index in [1.165, 1.54) is 34.3 Å². The van der Waals surface area contributed by atoms with E-state index in [2.05, 4.69) is 10.3 Å². The van der Waals surface area contributed by atoms with E-state index in [9.17, 15) is 24.6 Å². The number of allylic oxidation sites excluding steroid dienone is 1. The molecule has 1 aromatic heterocycles. The Hall–Kier alpha value is -4.74. The molecule has 2 aliphatic rings. The molecule has 0 spiro atoms. The first-order valence-corrected chi connectivity index (χ1v) is 11.2. The number of carboxylic acids is 1. The Labute approximate surface area is 211 Å². The van der Waals surface area contributed by atoms with Gasteiger partial charge >= 0.3 is 5.97 Å². The zero-order valence-corrected chi connectivity index (χ0v) is 20.6. The van der Waals surface area contributed by atoms with Gasteiger partial charge in [0, 0.05) is 16.7 Å². The number of benzene rings is 1. The summed E-state index contributed by atoms with van der Waals surface area (Å²) in [7, 11) is 4.02. The predicted octanol–water partition coefficient (Wildman–Crippen LogP) is 1.71. The number of carboxylic acid groups (broad SMARTS) is 1. The number of aromatic nitrogens is 1. The van der Waals surface area contributed by atoms with Gasteiger partial charge in [0.15, 0.2) is 23.0 Å². The Morgan fingerprint density at radius 2 is 1.81 bits per heavy atom. The molecule has 0 unspecified atom stereocenters. The summed E-state index contributed by atoms with van der Waals surface area (Å²) in [6.45, 7) is 1.53. The fraction of sp³-hybridized carbons (Fsp3) is 0.280. The van der Waals surface area contributed by atoms with Crippen molar-refractivity contribution in [3.8, 4) is 28.4 Å². The monoisotopic (exact) mass is 510 g/mol. The highest BCUT2D eigenvalue weighted by atomic mass is 16.5. The van der Waals surface area contributed by atoms with Crippen LogP contribution in [0.4, 0.5) is 5.69 Å². The number of nitrogen functional groups attached to an aromatic ring is 1. The molecule has 1 aliphatic carbocycles. The van der Waals surface area contributed by atoms with Crippen LogP contribution in [0.15, 0.2) is 34.9 Å². The zero-order valence-electron chi connectivity index (χ0n) is 20.6. The van der Waals surface area contributed by atoms with Gasteiger partial charge in [0.2, 0.25) is 17.3 Å². The molecule has 37 heavy (non-hydrogen) atoms. The summed E-state index contributed by atoms with van der Waals surface area (Å²) in [5, 5.41) is 23.8. The number of nitrogens with two attached hydrogens (primary N) is 2. The van der Waals surface area contributed by atoms with Crippen molar-refractivity contribution >= 4 is 23.2 Å². The molecule has 0 saturated carbocycles. The number of carbonyl (C=O) groups is 3. The van der Waals surface area contributed by atoms with E-state index in [-0.39, 0.29) is 86.6 Å². The van der Waals surface area contributed by atoms with Gasteiger partial charge in [0.05, 0.1) is 44.4 Å². The third-order valence-electron chi connectivity index (χ3n) is 6.53. The number of rotatable bonds is 6. The fourth-order valence-corrected chi connectivity index (χ4v) is 4.73. The number of aromatic carboxylic acids is 1. The number of phenols is 1. The number of anilines is 1. The van der Waals surface area contributed by atoms with Gasteiger partial charge in [-0.1, -0.05) is 0 Å². The Bertz CT molecular complexity index is 1430. The predicted molar refractivity (Wildman–Crippen MR) is 131 cm³/mol. The maximum absolute atomic E-state index is 12.9. The standard InChI is InChI=1S/C25H26N4O8/c1-9-14(10-6-8-13(35-2)23(36-3)20(10)30)15(26)19(29-17(9)25(33)34)12-7-5-11-18(28-12)22(32)16(27)24(37-4)21(11)31/h6,8,12,28,30H,5,7,26-27H2,1-4H3,(H,33,34)/t12-/m0/s1. The molecule has 0 saturated heterocycles. The number of ether oxygens (including phenoxy) is 3. The number of carbonyl (C=O) groups excluding carboxylic acids is 2. The minimum absolute atomic E-state index is 0.00582. The van der Waals surface area contributed by atoms with Crippen molar-refractivity contribution in [2.24, 2.45) is 5.73 Å². The Kier molecular flexibility index (Phi) is 6.42. The average Bonchev–Trinajstić information content (AvgIpc) is 2.88. The van der Waals surface area contributed by atoms with Crippen molar-refractivity contribution in [2.75, 3.05) is 27.1 Å². The van der Waals surface area contributed by atoms with Gasteiger partial charge in [-0.15, -0.1) is 0 Å². The minimum atomic E-state index is -1.31. The molecule has 1 atom stereocenters. The summed E-state index contributed by atoms with van der Waals surface area (Å²) in [6, 6.07) is 2.35. The fourth-order valence-electron chi connectivity index (χ4n) is 4.73. The molecule has 1 aromatic carbocycles. The normalized spacial score (nSPS) is 17.4. The first-order chi connectivity index (χ1) is 17.6. The first-order valence-electron chi connectivity index (χ1n) is 11.2. The van der Waals surface area contributed by atoms with E-state index in [0.717, 1.165) is 0 Å². The van der Waals surface area contributed by atoms with Crippen LogP contribution >= 0.6 is 0 Å². The van der Waals surface area contributed by atoms with Gasteiger partial charge in [0.25, 0.3) is 0 Å². The maximum Gasteiger partial charge on any atom is 0.354 e. The summed E-state index contributed by atoms with van der Waals surface area (Å²) in [5.41, 5.74) is 12.9. The van der Waals surface area contributed by atoms with Crippen LogP contribution in [0.5, 0.6) is 17.2 Å². The third-order valence-corrected chi connectivity index (χ3v) is 6.53. The first kappa shape index (κ1) is 25.4. The highest BCUT2D eigenvalue weighted by Crippen LogP contribution is 2.48. The largest absolute Gasteiger partial charge is 0.504 e. The van der Waals surface area contributed by atoms with Crippen molar-refractivity contribution < 1.29 is 38.8 Å². The molecule has 0 fully saturated rings. The third kappa shape index (κ3) is 3.86. The second-order valence-electron chi connectivity index (χ2n) is 8.46. The summed E-state index contributed by atoms with van der Waals surface area (Å²) < 4.78 is 15.5. The van der Waals surface area contributed by atoms with Crippen molar-refractivity contribution in [1.82, 2.24) is 10.3 Å². The molecule has 4 rings (SSSR count). The highest BCUT2D eigenvalue weighted by Gasteiger charge is 2.39. The molecule has 12 nitrogen and oxygen atoms in total. The Morgan fingerprint density at radius 3 is 2.41 bits per heavy atom. The number of ketones is 2. The summed E-state index contributed by atoms with van der Waals surface area (Å²) >= 11 is 0. The molecule has 12 heteroatoms. The lowest BCUT2D eigenvalue weighted by Crippen LogP contribution is -2.40. The van der Waals surface area contributed by atoms with Gasteiger partial charge in [0.1, 0.15) is 5.70 Å². The van der Waals surface area contributed by atoms with Gasteiger partial charge in [-0.05, 0) is 37.5 Å². The molecule has 1 aliphatic heterocycles. The number of nitrogens with one attached hydrogen (secondary N) is 1. The average molecular weight is 511 g/mol. The van der Waals surface area contributed by atoms with Crippen LogP contribution in [-0.4, -0.2) is 54.1 Å². The van der Waals surface area contributed by atoms with Gasteiger partial charge in [-0.2, -0.15) is 0 Å². The van der Waals surface area contributed by atoms with E-state index >= 15 is 0 Å². The van der Waals surface area contributed by atoms with E-state index in [1.54, 1.807) is 6.07 Å². The molecule has 0 radical (unpaired) electrons. The second-order valence-corrected chi connectivity index (χ2v) is 8.46. The van der Waals surface area contributed by atoms with Crippen LogP contribution in [-0.2, 0) is 14.3 Å². The van der Waals surface area contributed by atoms with Crippen molar-refractivity contribution in [3.05, 3.63) is 51.8 Å². The van der Waals surface area contributed by atoms with Crippen LogP contribution < -0.4 is 26.3 Å². The minimum Gasteiger partial charge on any atom is -0.504 e. The summed E-state index contributed by atoms with van der Waals surface area (Å²) in [5.74, 6) is -2.62. The SMILES string of the molecule is COC1=C(N)C(=O)C2=C(CC[C@@H](c3nc(C(=O)O)c(C)c(-c4ccc(OC)c(OC)c4O)c3N)N2)C1=O. The molecule has 0 amide bonds. The maximum atomic E-state index is 12.9. The van der Waals surface area contributed by atoms with Gasteiger partial charge in [-0.3, -0.25) is 9.59 Å². The molecular weight excluding hydrogens is 484 g/mol. The molecular formula is C25H26N4O8. The topological polar surface area (TPSA) is 196 Å². The lowest BCUT2D eigenvalue weighted by Gasteiger charge is -2.32. The number of nitrogens with zero attached hydrogens (tertiary/aromatic N) is 1. The molecule has 2 heterocycles. The lowest BCUT2D eigenvalue weighted by molar-refractivity contribution is -0.119. The van der Waals surface area contributed by atoms with Crippen molar-refractivity contribution in [2.45, 2.75) is 25.8 Å². The Morgan fingerprint density at radius 1 is 1.11 bits per heavy atom. The van der Waals surface area contributed by atoms with Gasteiger partial charge < -0.3 is 41.2 Å². The number of pyridine rings is 1. The molecule has 194 valence electrons. The Balaban J connectivity index is 1.88. The molecule has 7 N–H and O–H groups in total. The van der Waals surface area contributed by atoms with Crippen LogP contribution in [0.3, 0.4) is 0 Å². The van der Waals surface area contributed by atoms with E-state index in [4.69, 9.17) is 25.7 Å². The van der Waals surface area contributed by atoms with Crippen LogP contribution in [0.2, 0.25) is 0 Å². The van der Waals surface area contributed by atoms with Gasteiger partial charge in [-0.25, -0.2) is 9.78 Å². The van der Waals surface area contributed by atoms with E-state index in [1.807, 2.05) is 0 Å². The number of hydrogen-bond acceptors (Lipinski definition) is 11. The summed E-state index contributed by atoms with van der Waals surface area (Å²) in [6.07, 6.45) is 0.442. The smallest absolute Gasteiger partial charge is 0.354 e. The summed E-state index contributed by atoms with van der Waals surface area (Å²) in [4.78, 5) is 42.1. The lowest BCUT2D eigenvalue weighted by atomic mass is 9.85. The number of Topliss-reactive ketones (excluding diaryl/α,β-unsaturated/α-hetero) is 2. The van der Waals surface area contributed by atoms with Crippen LogP contribution in [0.1, 0.15) is 40.6 Å². The van der Waals surface area contributed by atoms with E-state index < -0.39 is 23.6 Å². The second kappa shape index (κ2) is 9.37. The van der Waals surface area contributed by atoms with Crippen molar-refractivity contribution in [1.29, 1.82) is 0 Å². The van der Waals surface area contributed by atoms with Crippen LogP contribution in [0, 0.1) is 6.92 Å². The number of hydrogen-bond donors (Lipinski definition) is 5. The molecule has 0 bridgehead atoms. The molecule has 2 aromatic rings. The zero-order chi connectivity index (χ0) is 27.2. The van der Waals surface area contributed by atoms with E-state index in [0.29, 0.717) is 0 Å². The number of aromatic hydroxyl groups is 1. The quantitative estimate of drug-likeness (QED) is 0.353. The highest BCUT2D eigenvalue weighted by molar-refractivity contribution is 6.24. The number of methoxy groups -OCH3 is 3. The number of phenolic OH excluding ortho intramolecular Hbond substituents is 1. The van der Waals surface area contributed by atoms with Crippen LogP contribution in [0.25, 0.3) is 11.1 Å². The van der Waals surface area contributed by atoms with Crippen molar-refractivity contribution in [3.63, 3.8) is 0 Å².